The van der Waals surface area contributed by atoms with E-state index < -0.39 is 0 Å². The van der Waals surface area contributed by atoms with Crippen LogP contribution < -0.4 is 15.0 Å². The minimum atomic E-state index is 0.0423. The summed E-state index contributed by atoms with van der Waals surface area (Å²) >= 11 is 0. The summed E-state index contributed by atoms with van der Waals surface area (Å²) in [7, 11) is 0. The monoisotopic (exact) mass is 416 g/mol. The van der Waals surface area contributed by atoms with Crippen LogP contribution >= 0.6 is 0 Å². The summed E-state index contributed by atoms with van der Waals surface area (Å²) in [6.45, 7) is 5.02. The molecule has 1 saturated heterocycles. The summed E-state index contributed by atoms with van der Waals surface area (Å²) in [5.41, 5.74) is 3.81. The summed E-state index contributed by atoms with van der Waals surface area (Å²) < 4.78 is 5.84. The molecule has 2 aromatic carbocycles. The molecule has 5 rings (SSSR count). The van der Waals surface area contributed by atoms with Crippen LogP contribution in [0.15, 0.2) is 60.7 Å². The number of amides is 1. The van der Waals surface area contributed by atoms with Gasteiger partial charge in [-0.2, -0.15) is 0 Å². The third kappa shape index (κ3) is 4.79. The number of carbonyl (C=O) groups is 1. The van der Waals surface area contributed by atoms with Gasteiger partial charge < -0.3 is 15.0 Å². The van der Waals surface area contributed by atoms with Gasteiger partial charge in [0.1, 0.15) is 5.75 Å². The molecule has 2 aromatic rings. The Morgan fingerprint density at radius 1 is 1.03 bits per heavy atom. The third-order valence-corrected chi connectivity index (χ3v) is 6.91. The third-order valence-electron chi connectivity index (χ3n) is 6.91. The molecule has 162 valence electrons. The molecule has 1 atom stereocenters. The summed E-state index contributed by atoms with van der Waals surface area (Å²) in [5, 5.41) is 3.17. The fourth-order valence-electron chi connectivity index (χ4n) is 4.45. The summed E-state index contributed by atoms with van der Waals surface area (Å²) in [4.78, 5) is 14.8. The van der Waals surface area contributed by atoms with Gasteiger partial charge in [0.25, 0.3) is 0 Å². The molecule has 1 amide bonds. The highest BCUT2D eigenvalue weighted by Crippen LogP contribution is 2.34. The van der Waals surface area contributed by atoms with Crippen molar-refractivity contribution in [3.05, 3.63) is 71.8 Å². The first-order chi connectivity index (χ1) is 15.2. The van der Waals surface area contributed by atoms with Crippen molar-refractivity contribution in [2.24, 2.45) is 11.8 Å². The largest absolute Gasteiger partial charge is 0.493 e. The Morgan fingerprint density at radius 2 is 1.71 bits per heavy atom. The van der Waals surface area contributed by atoms with Crippen molar-refractivity contribution in [3.63, 3.8) is 0 Å². The van der Waals surface area contributed by atoms with Gasteiger partial charge in [0.2, 0.25) is 5.91 Å². The fraction of sp³-hybridized carbons (Fsp3) is 0.444. The molecule has 1 N–H and O–H groups in total. The molecule has 1 aliphatic heterocycles. The molecule has 2 aliphatic carbocycles. The first-order valence-corrected chi connectivity index (χ1v) is 11.7. The number of hydrogen-bond donors (Lipinski definition) is 1. The zero-order valence-electron chi connectivity index (χ0n) is 18.3. The van der Waals surface area contributed by atoms with Gasteiger partial charge in [-0.25, -0.2) is 0 Å². The lowest BCUT2D eigenvalue weighted by Crippen LogP contribution is -2.45. The molecule has 1 heterocycles. The molecule has 0 unspecified atom stereocenters. The molecule has 4 heteroatoms. The first-order valence-electron chi connectivity index (χ1n) is 11.7. The van der Waals surface area contributed by atoms with Gasteiger partial charge in [0.15, 0.2) is 0 Å². The second-order valence-electron chi connectivity index (χ2n) is 9.39. The van der Waals surface area contributed by atoms with Crippen molar-refractivity contribution in [2.75, 3.05) is 24.6 Å². The molecule has 1 saturated carbocycles. The second-order valence-corrected chi connectivity index (χ2v) is 9.39. The Bertz CT molecular complexity index is 917. The van der Waals surface area contributed by atoms with Crippen molar-refractivity contribution in [3.8, 4) is 5.75 Å². The summed E-state index contributed by atoms with van der Waals surface area (Å²) in [5.74, 6) is 2.61. The van der Waals surface area contributed by atoms with E-state index in [-0.39, 0.29) is 17.9 Å². The molecular formula is C27H32N2O2. The van der Waals surface area contributed by atoms with Gasteiger partial charge in [-0.05, 0) is 73.9 Å². The van der Waals surface area contributed by atoms with E-state index in [1.165, 1.54) is 29.7 Å². The van der Waals surface area contributed by atoms with Gasteiger partial charge >= 0.3 is 0 Å². The Balaban J connectivity index is 1.10. The zero-order chi connectivity index (χ0) is 21.2. The van der Waals surface area contributed by atoms with Gasteiger partial charge in [-0.1, -0.05) is 36.4 Å². The van der Waals surface area contributed by atoms with E-state index >= 15 is 0 Å². The Hall–Kier alpha value is -2.75. The van der Waals surface area contributed by atoms with Crippen LogP contribution in [-0.4, -0.2) is 25.6 Å². The number of rotatable bonds is 8. The van der Waals surface area contributed by atoms with Crippen molar-refractivity contribution < 1.29 is 9.53 Å². The van der Waals surface area contributed by atoms with Crippen LogP contribution in [-0.2, 0) is 4.79 Å². The van der Waals surface area contributed by atoms with Crippen LogP contribution in [0.3, 0.4) is 0 Å². The van der Waals surface area contributed by atoms with Crippen LogP contribution in [0.2, 0.25) is 0 Å². The van der Waals surface area contributed by atoms with Crippen LogP contribution in [0.4, 0.5) is 5.69 Å². The minimum absolute atomic E-state index is 0.0423. The van der Waals surface area contributed by atoms with Crippen LogP contribution in [0.25, 0.3) is 0 Å². The minimum Gasteiger partial charge on any atom is -0.493 e. The molecule has 31 heavy (non-hydrogen) atoms. The topological polar surface area (TPSA) is 41.6 Å². The number of benzene rings is 2. The number of hydrogen-bond acceptors (Lipinski definition) is 3. The summed E-state index contributed by atoms with van der Waals surface area (Å²) in [6.07, 6.45) is 8.57. The van der Waals surface area contributed by atoms with Crippen molar-refractivity contribution >= 4 is 11.6 Å². The lowest BCUT2D eigenvalue weighted by Gasteiger charge is -2.41. The number of anilines is 1. The number of nitrogens with one attached hydrogen (secondary N) is 1. The second kappa shape index (κ2) is 8.78. The Kier molecular flexibility index (Phi) is 5.71. The molecule has 0 spiro atoms. The van der Waals surface area contributed by atoms with E-state index in [0.717, 1.165) is 44.2 Å². The standard InChI is InChI=1S/C27H32N2O2/c1-19(28-27(30)23-4-2-3-5-23)21-8-10-22(11-9-21)24-16-29(17-24)25-12-14-26(15-13-25)31-18-20-6-7-20/h2-3,8-15,19-20,23-24H,4-7,16-18H2,1H3,(H,28,30)/t19-/m0/s1. The van der Waals surface area contributed by atoms with Gasteiger partial charge in [0, 0.05) is 30.6 Å². The SMILES string of the molecule is C[C@H](NC(=O)C1CC=CC1)c1ccc(C2CN(c3ccc(OCC4CC4)cc3)C2)cc1. The van der Waals surface area contributed by atoms with Crippen molar-refractivity contribution in [2.45, 2.75) is 44.6 Å². The van der Waals surface area contributed by atoms with Crippen LogP contribution in [0, 0.1) is 11.8 Å². The van der Waals surface area contributed by atoms with E-state index in [2.05, 4.69) is 77.8 Å². The smallest absolute Gasteiger partial charge is 0.224 e. The highest BCUT2D eigenvalue weighted by atomic mass is 16.5. The van der Waals surface area contributed by atoms with Gasteiger partial charge in [-0.3, -0.25) is 4.79 Å². The van der Waals surface area contributed by atoms with E-state index in [0.29, 0.717) is 5.92 Å². The predicted octanol–water partition coefficient (Wildman–Crippen LogP) is 5.22. The number of ether oxygens (including phenoxy) is 1. The summed E-state index contributed by atoms with van der Waals surface area (Å²) in [6, 6.07) is 17.4. The van der Waals surface area contributed by atoms with E-state index in [1.54, 1.807) is 0 Å². The number of nitrogens with zero attached hydrogens (tertiary/aromatic N) is 1. The molecule has 0 radical (unpaired) electrons. The fourth-order valence-corrected chi connectivity index (χ4v) is 4.45. The molecule has 4 nitrogen and oxygen atoms in total. The highest BCUT2D eigenvalue weighted by molar-refractivity contribution is 5.79. The quantitative estimate of drug-likeness (QED) is 0.600. The van der Waals surface area contributed by atoms with Crippen molar-refractivity contribution in [1.82, 2.24) is 5.32 Å². The Labute approximate surface area is 185 Å². The average Bonchev–Trinajstić information content (AvgIpc) is 3.42. The zero-order valence-corrected chi connectivity index (χ0v) is 18.3. The molecule has 2 fully saturated rings. The van der Waals surface area contributed by atoms with Crippen molar-refractivity contribution in [1.29, 1.82) is 0 Å². The van der Waals surface area contributed by atoms with Crippen LogP contribution in [0.1, 0.15) is 55.7 Å². The lowest BCUT2D eigenvalue weighted by molar-refractivity contribution is -0.125. The molecule has 3 aliphatic rings. The molecular weight excluding hydrogens is 384 g/mol. The maximum atomic E-state index is 12.4. The maximum absolute atomic E-state index is 12.4. The number of carbonyl (C=O) groups excluding carboxylic acids is 1. The van der Waals surface area contributed by atoms with E-state index in [9.17, 15) is 4.79 Å². The first kappa shape index (κ1) is 20.2. The normalized spacial score (nSPS) is 19.8. The molecule has 0 aromatic heterocycles. The van der Waals surface area contributed by atoms with Gasteiger partial charge in [-0.15, -0.1) is 0 Å². The van der Waals surface area contributed by atoms with Crippen LogP contribution in [0.5, 0.6) is 5.75 Å². The number of allylic oxidation sites excluding steroid dienone is 2. The van der Waals surface area contributed by atoms with E-state index in [4.69, 9.17) is 4.74 Å². The van der Waals surface area contributed by atoms with Gasteiger partial charge in [0.05, 0.1) is 12.6 Å². The lowest BCUT2D eigenvalue weighted by atomic mass is 9.89. The average molecular weight is 417 g/mol. The highest BCUT2D eigenvalue weighted by Gasteiger charge is 2.28. The predicted molar refractivity (Wildman–Crippen MR) is 124 cm³/mol. The Morgan fingerprint density at radius 3 is 2.35 bits per heavy atom. The maximum Gasteiger partial charge on any atom is 0.224 e. The van der Waals surface area contributed by atoms with E-state index in [1.807, 2.05) is 0 Å². The molecule has 0 bridgehead atoms.